The Kier molecular flexibility index (Phi) is 10.2. The van der Waals surface area contributed by atoms with Crippen LogP contribution in [-0.4, -0.2) is 20.3 Å². The summed E-state index contributed by atoms with van der Waals surface area (Å²) in [6, 6.07) is 24.8. The van der Waals surface area contributed by atoms with E-state index in [0.29, 0.717) is 0 Å². The Balaban J connectivity index is 1.58. The first kappa shape index (κ1) is 27.7. The number of hydrogen-bond acceptors (Lipinski definition) is 4. The highest BCUT2D eigenvalue weighted by molar-refractivity contribution is 8.32. The average molecular weight is 533 g/mol. The molecule has 0 saturated heterocycles. The third kappa shape index (κ3) is 6.96. The lowest BCUT2D eigenvalue weighted by atomic mass is 10.1. The highest BCUT2D eigenvalue weighted by Gasteiger charge is 2.32. The van der Waals surface area contributed by atoms with E-state index < -0.39 is 10.3 Å². The summed E-state index contributed by atoms with van der Waals surface area (Å²) < 4.78 is 24.3. The molecule has 1 heterocycles. The van der Waals surface area contributed by atoms with Crippen LogP contribution in [0.2, 0.25) is 0 Å². The van der Waals surface area contributed by atoms with Crippen LogP contribution >= 0.6 is 10.3 Å². The topological polar surface area (TPSA) is 36.9 Å². The second kappa shape index (κ2) is 14.0. The molecule has 5 heteroatoms. The molecule has 4 nitrogen and oxygen atoms in total. The van der Waals surface area contributed by atoms with Gasteiger partial charge in [-0.05, 0) is 114 Å². The Hall–Kier alpha value is -3.31. The molecule has 1 aliphatic rings. The summed E-state index contributed by atoms with van der Waals surface area (Å²) in [6.07, 6.45) is 11.0. The van der Waals surface area contributed by atoms with Crippen LogP contribution in [-0.2, 0) is 4.18 Å². The molecule has 0 N–H and O–H groups in total. The van der Waals surface area contributed by atoms with Crippen LogP contribution in [0.15, 0.2) is 100 Å². The van der Waals surface area contributed by atoms with E-state index in [1.54, 1.807) is 7.11 Å². The number of allylic oxidation sites excluding steroid dienone is 2. The van der Waals surface area contributed by atoms with Crippen LogP contribution in [0.3, 0.4) is 0 Å². The molecule has 1 aliphatic heterocycles. The van der Waals surface area contributed by atoms with Crippen molar-refractivity contribution >= 4 is 16.1 Å². The van der Waals surface area contributed by atoms with Gasteiger partial charge in [0.15, 0.2) is 0 Å². The third-order valence-electron chi connectivity index (χ3n) is 6.49. The fourth-order valence-electron chi connectivity index (χ4n) is 4.28. The van der Waals surface area contributed by atoms with Gasteiger partial charge in [0.05, 0.1) is 20.3 Å². The Morgan fingerprint density at radius 3 is 1.63 bits per heavy atom. The Labute approximate surface area is 229 Å². The zero-order valence-electron chi connectivity index (χ0n) is 22.9. The lowest BCUT2D eigenvalue weighted by Gasteiger charge is -2.40. The van der Waals surface area contributed by atoms with Gasteiger partial charge >= 0.3 is 0 Å². The molecule has 3 aromatic rings. The predicted molar refractivity (Wildman–Crippen MR) is 158 cm³/mol. The van der Waals surface area contributed by atoms with Crippen LogP contribution in [0, 0.1) is 0 Å². The highest BCUT2D eigenvalue weighted by atomic mass is 32.3. The first-order valence-electron chi connectivity index (χ1n) is 13.7. The molecule has 1 atom stereocenters. The van der Waals surface area contributed by atoms with Crippen LogP contribution in [0.1, 0.15) is 57.9 Å². The van der Waals surface area contributed by atoms with Gasteiger partial charge in [-0.25, -0.2) is 0 Å². The molecule has 3 aromatic carbocycles. The number of benzene rings is 3. The number of rotatable bonds is 14. The summed E-state index contributed by atoms with van der Waals surface area (Å²) in [4.78, 5) is 2.22. The van der Waals surface area contributed by atoms with Crippen LogP contribution in [0.5, 0.6) is 17.2 Å². The molecule has 1 unspecified atom stereocenters. The third-order valence-corrected chi connectivity index (χ3v) is 9.42. The summed E-state index contributed by atoms with van der Waals surface area (Å²) in [7, 11) is -0.259. The Morgan fingerprint density at radius 1 is 0.632 bits per heavy atom. The smallest absolute Gasteiger partial charge is 0.143 e. The standard InChI is InChI=1S/C33H40O4S/c1-4-6-8-24-35-29-14-12-27(13-15-29)33-11-10-26-38(37-33,31-20-16-28(34-3)17-21-31)32-22-18-30(19-23-32)36-25-9-7-5-2/h10-23,26H,4-9,24-25H2,1-3H3. The zero-order chi connectivity index (χ0) is 26.6. The normalized spacial score (nSPS) is 18.1. The molecule has 4 rings (SSSR count). The van der Waals surface area contributed by atoms with E-state index in [9.17, 15) is 0 Å². The molecule has 0 radical (unpaired) electrons. The van der Waals surface area contributed by atoms with Gasteiger partial charge in [-0.3, -0.25) is 0 Å². The van der Waals surface area contributed by atoms with Gasteiger partial charge in [-0.1, -0.05) is 39.5 Å². The first-order valence-corrected chi connectivity index (χ1v) is 15.3. The van der Waals surface area contributed by atoms with Crippen LogP contribution in [0.4, 0.5) is 0 Å². The van der Waals surface area contributed by atoms with E-state index in [1.165, 1.54) is 25.7 Å². The maximum atomic E-state index is 6.95. The second-order valence-corrected chi connectivity index (χ2v) is 11.9. The van der Waals surface area contributed by atoms with Crippen LogP contribution in [0.25, 0.3) is 5.76 Å². The summed E-state index contributed by atoms with van der Waals surface area (Å²) in [5.74, 6) is 3.44. The predicted octanol–water partition coefficient (Wildman–Crippen LogP) is 9.56. The molecular weight excluding hydrogens is 492 g/mol. The number of unbranched alkanes of at least 4 members (excludes halogenated alkanes) is 4. The van der Waals surface area contributed by atoms with Crippen molar-refractivity contribution in [1.29, 1.82) is 0 Å². The van der Waals surface area contributed by atoms with E-state index in [-0.39, 0.29) is 0 Å². The van der Waals surface area contributed by atoms with Crippen molar-refractivity contribution in [1.82, 2.24) is 0 Å². The molecule has 0 spiro atoms. The summed E-state index contributed by atoms with van der Waals surface area (Å²) in [5.41, 5.74) is 1.02. The minimum atomic E-state index is -1.95. The minimum Gasteiger partial charge on any atom is -0.497 e. The fourth-order valence-corrected chi connectivity index (χ4v) is 6.93. The molecule has 0 fully saturated rings. The van der Waals surface area contributed by atoms with Crippen molar-refractivity contribution in [2.75, 3.05) is 20.3 Å². The number of hydrogen-bond donors (Lipinski definition) is 0. The van der Waals surface area contributed by atoms with Crippen molar-refractivity contribution in [3.8, 4) is 17.2 Å². The van der Waals surface area contributed by atoms with Crippen LogP contribution < -0.4 is 14.2 Å². The lowest BCUT2D eigenvalue weighted by molar-refractivity contribution is 0.306. The zero-order valence-corrected chi connectivity index (χ0v) is 23.7. The van der Waals surface area contributed by atoms with Crippen molar-refractivity contribution in [2.45, 2.75) is 62.2 Å². The average Bonchev–Trinajstić information content (AvgIpc) is 2.98. The van der Waals surface area contributed by atoms with Crippen molar-refractivity contribution in [3.63, 3.8) is 0 Å². The quantitative estimate of drug-likeness (QED) is 0.194. The van der Waals surface area contributed by atoms with Crippen molar-refractivity contribution < 1.29 is 18.4 Å². The SMILES string of the molecule is CCCCCOc1ccc(C2=CC=CS(c3ccc(OC)cc3)(c3ccc(OCCCCC)cc3)O2)cc1. The maximum Gasteiger partial charge on any atom is 0.143 e. The molecule has 0 aliphatic carbocycles. The van der Waals surface area contributed by atoms with Gasteiger partial charge in [0.1, 0.15) is 23.0 Å². The molecular formula is C33H40O4S. The molecule has 202 valence electrons. The second-order valence-electron chi connectivity index (χ2n) is 9.33. The number of methoxy groups -OCH3 is 1. The molecule has 0 saturated carbocycles. The minimum absolute atomic E-state index is 0.741. The summed E-state index contributed by atoms with van der Waals surface area (Å²) in [5, 5.41) is 2.20. The van der Waals surface area contributed by atoms with Crippen molar-refractivity contribution in [2.24, 2.45) is 0 Å². The van der Waals surface area contributed by atoms with Gasteiger partial charge in [-0.2, -0.15) is 0 Å². The maximum absolute atomic E-state index is 6.95. The van der Waals surface area contributed by atoms with E-state index >= 15 is 0 Å². The monoisotopic (exact) mass is 532 g/mol. The molecule has 0 aromatic heterocycles. The Morgan fingerprint density at radius 2 is 1.13 bits per heavy atom. The lowest BCUT2D eigenvalue weighted by Crippen LogP contribution is -2.07. The largest absolute Gasteiger partial charge is 0.497 e. The molecule has 0 bridgehead atoms. The van der Waals surface area contributed by atoms with E-state index in [1.807, 2.05) is 30.3 Å². The van der Waals surface area contributed by atoms with Gasteiger partial charge < -0.3 is 18.4 Å². The number of ether oxygens (including phenoxy) is 3. The Bertz CT molecular complexity index is 1180. The first-order chi connectivity index (χ1) is 18.7. The highest BCUT2D eigenvalue weighted by Crippen LogP contribution is 2.68. The fraction of sp³-hybridized carbons (Fsp3) is 0.333. The summed E-state index contributed by atoms with van der Waals surface area (Å²) in [6.45, 7) is 5.89. The van der Waals surface area contributed by atoms with Gasteiger partial charge in [0.2, 0.25) is 0 Å². The van der Waals surface area contributed by atoms with Gasteiger partial charge in [0.25, 0.3) is 0 Å². The van der Waals surface area contributed by atoms with Gasteiger partial charge in [0, 0.05) is 15.4 Å². The molecule has 38 heavy (non-hydrogen) atoms. The van der Waals surface area contributed by atoms with Gasteiger partial charge in [-0.15, -0.1) is 0 Å². The summed E-state index contributed by atoms with van der Waals surface area (Å²) >= 11 is 0. The molecule has 0 amide bonds. The van der Waals surface area contributed by atoms with Crippen molar-refractivity contribution in [3.05, 3.63) is 95.9 Å². The van der Waals surface area contributed by atoms with E-state index in [4.69, 9.17) is 18.4 Å². The van der Waals surface area contributed by atoms with E-state index in [0.717, 1.165) is 64.4 Å². The van der Waals surface area contributed by atoms with E-state index in [2.05, 4.69) is 73.9 Å².